The molecule has 0 bridgehead atoms. The lowest BCUT2D eigenvalue weighted by atomic mass is 9.84. The van der Waals surface area contributed by atoms with Crippen molar-refractivity contribution in [3.05, 3.63) is 228 Å². The van der Waals surface area contributed by atoms with E-state index in [0.717, 1.165) is 51.4 Å². The van der Waals surface area contributed by atoms with E-state index in [1.54, 1.807) is 11.1 Å². The SMILES string of the molecule is C1=CC2=C(CC1)CCc1ccccc1N2c1ccc2c(-c3ccc4ccccc4c3)c3cc(N4C5=C(CCC=C5)CCc5ccccc54)ccc3c(-c3ccc4ccccc4c3)c2c1. The van der Waals surface area contributed by atoms with Crippen LogP contribution in [0.4, 0.5) is 22.7 Å². The van der Waals surface area contributed by atoms with Gasteiger partial charge in [0.05, 0.1) is 0 Å². The van der Waals surface area contributed by atoms with Gasteiger partial charge in [0.1, 0.15) is 0 Å². The van der Waals surface area contributed by atoms with Gasteiger partial charge >= 0.3 is 0 Å². The summed E-state index contributed by atoms with van der Waals surface area (Å²) in [7, 11) is 0. The van der Waals surface area contributed by atoms with Crippen molar-refractivity contribution in [2.24, 2.45) is 0 Å². The minimum Gasteiger partial charge on any atom is -0.310 e. The van der Waals surface area contributed by atoms with Crippen LogP contribution in [0.2, 0.25) is 0 Å². The van der Waals surface area contributed by atoms with Gasteiger partial charge in [-0.05, 0) is 200 Å². The Hall–Kier alpha value is -7.42. The Morgan fingerprint density at radius 1 is 0.328 bits per heavy atom. The van der Waals surface area contributed by atoms with Crippen LogP contribution in [0.25, 0.3) is 65.3 Å². The zero-order chi connectivity index (χ0) is 42.1. The van der Waals surface area contributed by atoms with E-state index in [1.165, 1.54) is 111 Å². The molecule has 9 aromatic rings. The van der Waals surface area contributed by atoms with Gasteiger partial charge in [-0.15, -0.1) is 0 Å². The zero-order valence-corrected chi connectivity index (χ0v) is 36.0. The monoisotopic (exact) mass is 820 g/mol. The number of rotatable bonds is 4. The van der Waals surface area contributed by atoms with Crippen LogP contribution in [0.1, 0.15) is 49.7 Å². The molecule has 0 spiro atoms. The van der Waals surface area contributed by atoms with E-state index in [2.05, 4.69) is 204 Å². The summed E-state index contributed by atoms with van der Waals surface area (Å²) in [4.78, 5) is 5.14. The highest BCUT2D eigenvalue weighted by atomic mass is 15.2. The van der Waals surface area contributed by atoms with Crippen LogP contribution in [0.15, 0.2) is 217 Å². The van der Waals surface area contributed by atoms with E-state index < -0.39 is 0 Å². The van der Waals surface area contributed by atoms with Crippen molar-refractivity contribution >= 4 is 65.8 Å². The van der Waals surface area contributed by atoms with Gasteiger partial charge in [0, 0.05) is 34.1 Å². The number of anilines is 4. The number of para-hydroxylation sites is 2. The van der Waals surface area contributed by atoms with Gasteiger partial charge < -0.3 is 9.80 Å². The first kappa shape index (κ1) is 37.2. The number of allylic oxidation sites excluding steroid dienone is 6. The van der Waals surface area contributed by atoms with E-state index in [4.69, 9.17) is 0 Å². The van der Waals surface area contributed by atoms with Crippen molar-refractivity contribution in [2.45, 2.75) is 51.4 Å². The number of nitrogens with zero attached hydrogens (tertiary/aromatic N) is 2. The van der Waals surface area contributed by atoms with Crippen molar-refractivity contribution in [3.8, 4) is 22.3 Å². The van der Waals surface area contributed by atoms with Crippen LogP contribution >= 0.6 is 0 Å². The Bertz CT molecular complexity index is 3290. The van der Waals surface area contributed by atoms with E-state index in [0.29, 0.717) is 0 Å². The normalized spacial score (nSPS) is 15.9. The molecule has 13 rings (SSSR count). The van der Waals surface area contributed by atoms with E-state index in [1.807, 2.05) is 0 Å². The summed E-state index contributed by atoms with van der Waals surface area (Å²) in [5.74, 6) is 0. The quantitative estimate of drug-likeness (QED) is 0.163. The molecule has 4 aliphatic rings. The lowest BCUT2D eigenvalue weighted by Crippen LogP contribution is -2.18. The highest BCUT2D eigenvalue weighted by molar-refractivity contribution is 6.23. The fourth-order valence-corrected chi connectivity index (χ4v) is 11.4. The Balaban J connectivity index is 1.15. The Kier molecular flexibility index (Phi) is 8.79. The first-order valence-electron chi connectivity index (χ1n) is 23.3. The number of benzene rings is 9. The molecule has 0 N–H and O–H groups in total. The fourth-order valence-electron chi connectivity index (χ4n) is 11.4. The second kappa shape index (κ2) is 15.1. The van der Waals surface area contributed by atoms with Crippen LogP contribution in [0, 0.1) is 0 Å². The molecule has 2 nitrogen and oxygen atoms in total. The molecule has 0 amide bonds. The molecule has 0 radical (unpaired) electrons. The molecule has 2 aliphatic carbocycles. The van der Waals surface area contributed by atoms with Crippen molar-refractivity contribution in [1.29, 1.82) is 0 Å². The first-order chi connectivity index (χ1) is 31.7. The minimum absolute atomic E-state index is 1.06. The largest absolute Gasteiger partial charge is 0.310 e. The van der Waals surface area contributed by atoms with Crippen LogP contribution < -0.4 is 9.80 Å². The Morgan fingerprint density at radius 3 is 1.25 bits per heavy atom. The molecule has 0 fully saturated rings. The van der Waals surface area contributed by atoms with E-state index >= 15 is 0 Å². The molecule has 306 valence electrons. The maximum Gasteiger partial charge on any atom is 0.0493 e. The predicted molar refractivity (Wildman–Crippen MR) is 272 cm³/mol. The second-order valence-electron chi connectivity index (χ2n) is 18.1. The molecule has 0 atom stereocenters. The van der Waals surface area contributed by atoms with Crippen LogP contribution in [0.5, 0.6) is 0 Å². The highest BCUT2D eigenvalue weighted by Gasteiger charge is 2.28. The average molecular weight is 821 g/mol. The van der Waals surface area contributed by atoms with Crippen molar-refractivity contribution in [3.63, 3.8) is 0 Å². The van der Waals surface area contributed by atoms with Crippen LogP contribution in [-0.4, -0.2) is 0 Å². The van der Waals surface area contributed by atoms with E-state index in [9.17, 15) is 0 Å². The van der Waals surface area contributed by atoms with Crippen LogP contribution in [0.3, 0.4) is 0 Å². The first-order valence-corrected chi connectivity index (χ1v) is 23.3. The predicted octanol–water partition coefficient (Wildman–Crippen LogP) is 17.0. The number of fused-ring (bicyclic) bond motifs is 6. The van der Waals surface area contributed by atoms with Gasteiger partial charge in [0.25, 0.3) is 0 Å². The summed E-state index contributed by atoms with van der Waals surface area (Å²) < 4.78 is 0. The molecule has 0 saturated carbocycles. The van der Waals surface area contributed by atoms with E-state index in [-0.39, 0.29) is 0 Å². The van der Waals surface area contributed by atoms with Gasteiger partial charge in [-0.3, -0.25) is 0 Å². The number of aryl methyl sites for hydroxylation is 2. The third-order valence-electron chi connectivity index (χ3n) is 14.5. The molecular formula is C62H48N2. The van der Waals surface area contributed by atoms with Gasteiger partial charge in [0.2, 0.25) is 0 Å². The Morgan fingerprint density at radius 2 is 0.766 bits per heavy atom. The summed E-state index contributed by atoms with van der Waals surface area (Å²) in [6.45, 7) is 0. The van der Waals surface area contributed by atoms with Crippen LogP contribution in [-0.2, 0) is 12.8 Å². The summed E-state index contributed by atoms with van der Waals surface area (Å²) in [6, 6.07) is 64.6. The van der Waals surface area contributed by atoms with Crippen molar-refractivity contribution < 1.29 is 0 Å². The lowest BCUT2D eigenvalue weighted by molar-refractivity contribution is 0.833. The molecular weight excluding hydrogens is 773 g/mol. The second-order valence-corrected chi connectivity index (χ2v) is 18.1. The minimum atomic E-state index is 1.06. The maximum atomic E-state index is 2.57. The fraction of sp³-hybridized carbons (Fsp3) is 0.129. The summed E-state index contributed by atoms with van der Waals surface area (Å²) in [5, 5.41) is 10.1. The van der Waals surface area contributed by atoms with Crippen molar-refractivity contribution in [2.75, 3.05) is 9.80 Å². The van der Waals surface area contributed by atoms with Gasteiger partial charge in [-0.2, -0.15) is 0 Å². The van der Waals surface area contributed by atoms with Gasteiger partial charge in [-0.25, -0.2) is 0 Å². The summed E-state index contributed by atoms with van der Waals surface area (Å²) >= 11 is 0. The zero-order valence-electron chi connectivity index (χ0n) is 36.0. The third-order valence-corrected chi connectivity index (χ3v) is 14.5. The number of hydrogen-bond acceptors (Lipinski definition) is 2. The third kappa shape index (κ3) is 6.08. The molecule has 0 saturated heterocycles. The molecule has 0 aromatic heterocycles. The topological polar surface area (TPSA) is 6.48 Å². The standard InChI is InChI=1S/C62H48N2/c1-3-19-47-37-49(31-25-41(47)13-1)61-53-35-33-52(64-59-23-11-7-17-45(59)29-30-46-18-8-12-24-60(46)64)40-56(53)62(50-32-26-42-14-2-4-20-48(42)38-50)54-36-34-51(39-55(54)61)63-57-21-9-5-15-43(57)27-28-44-16-6-10-22-58(44)63/h1-5,7,9-15,17,19-26,31-40H,6,8,16,18,27-30H2. The molecule has 0 unspecified atom stereocenters. The highest BCUT2D eigenvalue weighted by Crippen LogP contribution is 2.50. The summed E-state index contributed by atoms with van der Waals surface area (Å²) in [5.41, 5.74) is 18.6. The maximum absolute atomic E-state index is 2.57. The number of hydrogen-bond donors (Lipinski definition) is 0. The molecule has 64 heavy (non-hydrogen) atoms. The average Bonchev–Trinajstić information content (AvgIpc) is 3.63. The Labute approximate surface area is 375 Å². The molecule has 2 heterocycles. The van der Waals surface area contributed by atoms with Crippen molar-refractivity contribution in [1.82, 2.24) is 0 Å². The summed E-state index contributed by atoms with van der Waals surface area (Å²) in [6.07, 6.45) is 18.3. The molecule has 2 aliphatic heterocycles. The lowest BCUT2D eigenvalue weighted by Gasteiger charge is -2.31. The van der Waals surface area contributed by atoms with Gasteiger partial charge in [0.15, 0.2) is 0 Å². The molecule has 9 aromatic carbocycles. The van der Waals surface area contributed by atoms with Gasteiger partial charge in [-0.1, -0.05) is 133 Å². The smallest absolute Gasteiger partial charge is 0.0493 e. The molecule has 2 heteroatoms.